The van der Waals surface area contributed by atoms with E-state index in [2.05, 4.69) is 5.32 Å². The van der Waals surface area contributed by atoms with Crippen LogP contribution in [0.25, 0.3) is 11.1 Å². The summed E-state index contributed by atoms with van der Waals surface area (Å²) in [5.74, 6) is -0.351. The molecule has 0 aliphatic carbocycles. The first-order valence-corrected chi connectivity index (χ1v) is 7.82. The Morgan fingerprint density at radius 2 is 1.67 bits per heavy atom. The Morgan fingerprint density at radius 1 is 1.04 bits per heavy atom. The van der Waals surface area contributed by atoms with Crippen LogP contribution >= 0.6 is 0 Å². The van der Waals surface area contributed by atoms with Gasteiger partial charge in [0.2, 0.25) is 0 Å². The summed E-state index contributed by atoms with van der Waals surface area (Å²) < 4.78 is 5.56. The lowest BCUT2D eigenvalue weighted by Crippen LogP contribution is -2.37. The zero-order valence-electron chi connectivity index (χ0n) is 13.6. The Kier molecular flexibility index (Phi) is 6.51. The van der Waals surface area contributed by atoms with E-state index in [1.807, 2.05) is 54.6 Å². The zero-order valence-corrected chi connectivity index (χ0v) is 13.6. The number of carboxylic acid groups (broad SMARTS) is 1. The number of nitrogens with one attached hydrogen (secondary N) is 1. The van der Waals surface area contributed by atoms with Gasteiger partial charge in [-0.3, -0.25) is 14.9 Å². The van der Waals surface area contributed by atoms with Crippen molar-refractivity contribution in [2.24, 2.45) is 0 Å². The van der Waals surface area contributed by atoms with Crippen LogP contribution in [0.4, 0.5) is 0 Å². The zero-order chi connectivity index (χ0) is 17.4. The minimum absolute atomic E-state index is 0.0315. The lowest BCUT2D eigenvalue weighted by molar-refractivity contribution is -0.139. The van der Waals surface area contributed by atoms with Gasteiger partial charge in [-0.2, -0.15) is 0 Å². The largest absolute Gasteiger partial charge is 0.493 e. The minimum atomic E-state index is -0.974. The highest BCUT2D eigenvalue weighted by Gasteiger charge is 2.11. The molecule has 2 rings (SSSR count). The summed E-state index contributed by atoms with van der Waals surface area (Å²) in [6.45, 7) is 1.80. The number of aliphatic carboxylic acids is 1. The van der Waals surface area contributed by atoms with Crippen LogP contribution in [-0.4, -0.2) is 36.1 Å². The number of ether oxygens (including phenoxy) is 1. The summed E-state index contributed by atoms with van der Waals surface area (Å²) in [6.07, 6.45) is 0.236. The fourth-order valence-electron chi connectivity index (χ4n) is 2.10. The van der Waals surface area contributed by atoms with Crippen molar-refractivity contribution < 1.29 is 19.4 Å². The molecule has 0 fully saturated rings. The molecule has 5 heteroatoms. The maximum absolute atomic E-state index is 11.7. The number of carbonyl (C=O) groups excluding carboxylic acids is 1. The second-order valence-corrected chi connectivity index (χ2v) is 5.47. The molecular formula is C19H21NO4. The predicted octanol–water partition coefficient (Wildman–Crippen LogP) is 2.75. The Bertz CT molecular complexity index is 668. The minimum Gasteiger partial charge on any atom is -0.493 e. The summed E-state index contributed by atoms with van der Waals surface area (Å²) in [5, 5.41) is 11.4. The van der Waals surface area contributed by atoms with Crippen LogP contribution < -0.4 is 10.1 Å². The fraction of sp³-hybridized carbons (Fsp3) is 0.263. The average Bonchev–Trinajstić information content (AvgIpc) is 2.61. The molecule has 1 atom stereocenters. The van der Waals surface area contributed by atoms with Gasteiger partial charge in [0.1, 0.15) is 17.6 Å². The van der Waals surface area contributed by atoms with Crippen LogP contribution in [0.1, 0.15) is 13.3 Å². The van der Waals surface area contributed by atoms with Crippen molar-refractivity contribution in [3.63, 3.8) is 0 Å². The first-order valence-electron chi connectivity index (χ1n) is 7.82. The van der Waals surface area contributed by atoms with Crippen molar-refractivity contribution in [2.75, 3.05) is 13.2 Å². The van der Waals surface area contributed by atoms with Crippen molar-refractivity contribution >= 4 is 11.8 Å². The maximum Gasteiger partial charge on any atom is 0.320 e. The maximum atomic E-state index is 11.7. The van der Waals surface area contributed by atoms with E-state index < -0.39 is 12.0 Å². The van der Waals surface area contributed by atoms with Gasteiger partial charge >= 0.3 is 5.97 Å². The van der Waals surface area contributed by atoms with Crippen molar-refractivity contribution in [2.45, 2.75) is 19.4 Å². The van der Waals surface area contributed by atoms with Gasteiger partial charge in [-0.1, -0.05) is 42.5 Å². The van der Waals surface area contributed by atoms with Crippen molar-refractivity contribution in [1.82, 2.24) is 5.32 Å². The molecule has 5 nitrogen and oxygen atoms in total. The van der Waals surface area contributed by atoms with Crippen molar-refractivity contribution in [3.8, 4) is 16.9 Å². The molecule has 0 radical (unpaired) electrons. The molecule has 0 amide bonds. The first-order chi connectivity index (χ1) is 11.6. The number of Topliss-reactive ketones (excluding diaryl/α,β-unsaturated/α-hetero) is 1. The Balaban J connectivity index is 1.75. The van der Waals surface area contributed by atoms with E-state index in [9.17, 15) is 9.59 Å². The fourth-order valence-corrected chi connectivity index (χ4v) is 2.10. The summed E-state index contributed by atoms with van der Waals surface area (Å²) in [5.41, 5.74) is 2.24. The standard InChI is InChI=1S/C19H21NO4/c1-14(19(22)23)20-13-17(21)11-12-24-18-9-7-16(8-10-18)15-5-3-2-4-6-15/h2-10,14,20H,11-13H2,1H3,(H,22,23)/t14-/m1/s1. The van der Waals surface area contributed by atoms with Crippen LogP contribution in [-0.2, 0) is 9.59 Å². The van der Waals surface area contributed by atoms with Crippen LogP contribution in [0.5, 0.6) is 5.75 Å². The monoisotopic (exact) mass is 327 g/mol. The van der Waals surface area contributed by atoms with E-state index in [1.54, 1.807) is 0 Å². The molecule has 0 aromatic heterocycles. The van der Waals surface area contributed by atoms with E-state index in [4.69, 9.17) is 9.84 Å². The Hall–Kier alpha value is -2.66. The summed E-state index contributed by atoms with van der Waals surface area (Å²) >= 11 is 0. The average molecular weight is 327 g/mol. The van der Waals surface area contributed by atoms with Crippen LogP contribution in [0, 0.1) is 0 Å². The molecule has 0 aliphatic rings. The summed E-state index contributed by atoms with van der Waals surface area (Å²) in [7, 11) is 0. The van der Waals surface area contributed by atoms with Crippen LogP contribution in [0.3, 0.4) is 0 Å². The van der Waals surface area contributed by atoms with E-state index in [0.717, 1.165) is 11.1 Å². The molecule has 2 aromatic rings. The smallest absolute Gasteiger partial charge is 0.320 e. The van der Waals surface area contributed by atoms with E-state index in [1.165, 1.54) is 6.92 Å². The van der Waals surface area contributed by atoms with Gasteiger partial charge in [-0.05, 0) is 30.2 Å². The number of rotatable bonds is 9. The number of carbonyl (C=O) groups is 2. The number of hydrogen-bond acceptors (Lipinski definition) is 4. The van der Waals surface area contributed by atoms with Gasteiger partial charge in [-0.15, -0.1) is 0 Å². The number of benzene rings is 2. The van der Waals surface area contributed by atoms with Crippen molar-refractivity contribution in [3.05, 3.63) is 54.6 Å². The number of ketones is 1. The number of carboxylic acids is 1. The highest BCUT2D eigenvalue weighted by molar-refractivity contribution is 5.81. The second kappa shape index (κ2) is 8.84. The SMILES string of the molecule is C[C@@H](NCC(=O)CCOc1ccc(-c2ccccc2)cc1)C(=O)O. The molecule has 24 heavy (non-hydrogen) atoms. The van der Waals surface area contributed by atoms with E-state index in [0.29, 0.717) is 5.75 Å². The van der Waals surface area contributed by atoms with Gasteiger partial charge in [0.05, 0.1) is 13.2 Å². The molecule has 0 saturated carbocycles. The topological polar surface area (TPSA) is 75.6 Å². The summed E-state index contributed by atoms with van der Waals surface area (Å²) in [4.78, 5) is 22.3. The molecule has 0 aliphatic heterocycles. The van der Waals surface area contributed by atoms with Crippen molar-refractivity contribution in [1.29, 1.82) is 0 Å². The molecule has 2 aromatic carbocycles. The first kappa shape index (κ1) is 17.7. The number of hydrogen-bond donors (Lipinski definition) is 2. The molecular weight excluding hydrogens is 306 g/mol. The van der Waals surface area contributed by atoms with Crippen LogP contribution in [0.2, 0.25) is 0 Å². The second-order valence-electron chi connectivity index (χ2n) is 5.47. The highest BCUT2D eigenvalue weighted by Crippen LogP contribution is 2.22. The van der Waals surface area contributed by atoms with Gasteiger partial charge in [-0.25, -0.2) is 0 Å². The third-order valence-corrected chi connectivity index (χ3v) is 3.59. The normalized spacial score (nSPS) is 11.7. The molecule has 0 bridgehead atoms. The molecule has 0 spiro atoms. The molecule has 0 heterocycles. The molecule has 0 saturated heterocycles. The van der Waals surface area contributed by atoms with Gasteiger partial charge in [0, 0.05) is 6.42 Å². The van der Waals surface area contributed by atoms with Crippen LogP contribution in [0.15, 0.2) is 54.6 Å². The summed E-state index contributed by atoms with van der Waals surface area (Å²) in [6, 6.07) is 17.0. The third kappa shape index (κ3) is 5.52. The Morgan fingerprint density at radius 3 is 2.29 bits per heavy atom. The van der Waals surface area contributed by atoms with Gasteiger partial charge in [0.15, 0.2) is 0 Å². The Labute approximate surface area is 141 Å². The van der Waals surface area contributed by atoms with Gasteiger partial charge in [0.25, 0.3) is 0 Å². The van der Waals surface area contributed by atoms with E-state index in [-0.39, 0.29) is 25.4 Å². The van der Waals surface area contributed by atoms with Gasteiger partial charge < -0.3 is 9.84 Å². The van der Waals surface area contributed by atoms with E-state index >= 15 is 0 Å². The quantitative estimate of drug-likeness (QED) is 0.741. The highest BCUT2D eigenvalue weighted by atomic mass is 16.5. The lowest BCUT2D eigenvalue weighted by Gasteiger charge is -2.09. The molecule has 2 N–H and O–H groups in total. The third-order valence-electron chi connectivity index (χ3n) is 3.59. The lowest BCUT2D eigenvalue weighted by atomic mass is 10.1. The predicted molar refractivity (Wildman–Crippen MR) is 92.1 cm³/mol. The molecule has 0 unspecified atom stereocenters. The molecule has 126 valence electrons.